The Balaban J connectivity index is 1.29. The quantitative estimate of drug-likeness (QED) is 0.219. The Labute approximate surface area is 239 Å². The Bertz CT molecular complexity index is 1250. The third-order valence-corrected chi connectivity index (χ3v) is 8.81. The van der Waals surface area contributed by atoms with Crippen LogP contribution in [0, 0.1) is 5.92 Å². The van der Waals surface area contributed by atoms with Gasteiger partial charge in [-0.15, -0.1) is 0 Å². The van der Waals surface area contributed by atoms with Crippen molar-refractivity contribution in [2.45, 2.75) is 49.6 Å². The minimum Gasteiger partial charge on any atom is -0.478 e. The summed E-state index contributed by atoms with van der Waals surface area (Å²) in [6.07, 6.45) is 2.72. The van der Waals surface area contributed by atoms with Gasteiger partial charge in [-0.05, 0) is 105 Å². The smallest absolute Gasteiger partial charge is 0.335 e. The van der Waals surface area contributed by atoms with Gasteiger partial charge in [0.05, 0.1) is 26.6 Å². The lowest BCUT2D eigenvalue weighted by molar-refractivity contribution is 0.0697. The van der Waals surface area contributed by atoms with Gasteiger partial charge in [0.2, 0.25) is 0 Å². The highest BCUT2D eigenvalue weighted by atomic mass is 35.5. The lowest BCUT2D eigenvalue weighted by Crippen LogP contribution is -2.46. The normalized spacial score (nSPS) is 14.6. The zero-order valence-electron chi connectivity index (χ0n) is 21.9. The van der Waals surface area contributed by atoms with E-state index in [0.717, 1.165) is 30.4 Å². The predicted molar refractivity (Wildman–Crippen MR) is 157 cm³/mol. The molecule has 3 aromatic carbocycles. The maximum atomic E-state index is 11.3. The first-order valence-corrected chi connectivity index (χ1v) is 14.3. The van der Waals surface area contributed by atoms with Crippen molar-refractivity contribution in [3.63, 3.8) is 0 Å². The molecule has 0 saturated carbocycles. The summed E-state index contributed by atoms with van der Waals surface area (Å²) in [6, 6.07) is 18.9. The summed E-state index contributed by atoms with van der Waals surface area (Å²) >= 11 is 14.5. The molecule has 1 aliphatic carbocycles. The molecule has 3 N–H and O–H groups in total. The molecule has 0 saturated heterocycles. The van der Waals surface area contributed by atoms with E-state index in [0.29, 0.717) is 33.9 Å². The molecule has 0 radical (unpaired) electrons. The molecule has 0 aromatic heterocycles. The third-order valence-electron chi connectivity index (χ3n) is 6.91. The molecule has 1 aliphatic rings. The van der Waals surface area contributed by atoms with Gasteiger partial charge in [-0.2, -0.15) is 0 Å². The Morgan fingerprint density at radius 3 is 2.29 bits per heavy atom. The average molecular weight is 574 g/mol. The highest BCUT2D eigenvalue weighted by Crippen LogP contribution is 2.39. The van der Waals surface area contributed by atoms with Crippen molar-refractivity contribution in [1.29, 1.82) is 0 Å². The van der Waals surface area contributed by atoms with E-state index in [9.17, 15) is 15.0 Å². The lowest BCUT2D eigenvalue weighted by atomic mass is 9.88. The van der Waals surface area contributed by atoms with Crippen LogP contribution in [0.5, 0.6) is 0 Å². The molecule has 0 fully saturated rings. The van der Waals surface area contributed by atoms with E-state index < -0.39 is 12.1 Å². The number of nitrogens with one attached hydrogen (secondary N) is 1. The molecule has 202 valence electrons. The van der Waals surface area contributed by atoms with Crippen molar-refractivity contribution in [2.75, 3.05) is 20.1 Å². The van der Waals surface area contributed by atoms with E-state index in [1.165, 1.54) is 23.1 Å². The van der Waals surface area contributed by atoms with Gasteiger partial charge in [-0.25, -0.2) is 9.10 Å². The Hall–Kier alpha value is -2.06. The largest absolute Gasteiger partial charge is 0.478 e. The minimum absolute atomic E-state index is 0.0835. The number of rotatable bonds is 11. The first-order chi connectivity index (χ1) is 18.0. The van der Waals surface area contributed by atoms with Crippen LogP contribution in [0.1, 0.15) is 41.8 Å². The molecule has 38 heavy (non-hydrogen) atoms. The maximum Gasteiger partial charge on any atom is 0.335 e. The molecule has 8 heteroatoms. The summed E-state index contributed by atoms with van der Waals surface area (Å²) in [4.78, 5) is 12.0. The molecule has 0 bridgehead atoms. The van der Waals surface area contributed by atoms with Crippen LogP contribution < -0.4 is 5.32 Å². The van der Waals surface area contributed by atoms with Crippen molar-refractivity contribution in [1.82, 2.24) is 9.62 Å². The van der Waals surface area contributed by atoms with Crippen molar-refractivity contribution in [3.05, 3.63) is 87.4 Å². The highest BCUT2D eigenvalue weighted by Gasteiger charge is 2.28. The van der Waals surface area contributed by atoms with Gasteiger partial charge in [0.25, 0.3) is 0 Å². The maximum absolute atomic E-state index is 11.3. The van der Waals surface area contributed by atoms with Gasteiger partial charge in [0.1, 0.15) is 0 Å². The number of hydrogen-bond acceptors (Lipinski definition) is 5. The van der Waals surface area contributed by atoms with Gasteiger partial charge in [-0.1, -0.05) is 59.6 Å². The number of carbonyl (C=O) groups is 1. The summed E-state index contributed by atoms with van der Waals surface area (Å²) in [5.74, 6) is -0.373. The lowest BCUT2D eigenvalue weighted by Gasteiger charge is -2.31. The van der Waals surface area contributed by atoms with Crippen LogP contribution in [0.3, 0.4) is 0 Å². The van der Waals surface area contributed by atoms with Crippen molar-refractivity contribution >= 4 is 41.1 Å². The summed E-state index contributed by atoms with van der Waals surface area (Å²) in [5.41, 5.74) is 4.51. The highest BCUT2D eigenvalue weighted by molar-refractivity contribution is 7.97. The summed E-state index contributed by atoms with van der Waals surface area (Å²) in [7, 11) is 1.89. The van der Waals surface area contributed by atoms with Crippen LogP contribution in [0.2, 0.25) is 10.0 Å². The molecule has 0 amide bonds. The van der Waals surface area contributed by atoms with Gasteiger partial charge in [0.15, 0.2) is 0 Å². The standard InChI is InChI=1S/C30H34Cl2N2O3S/c1-30(2,16-19-11-20-7-4-5-8-21(20)12-19)33-17-25(35)18-34(3)38-28-26(31)14-24(15-27(28)32)22-9-6-10-23(13-22)29(36)37/h4-10,13-15,19,25,33,35H,11-12,16-18H2,1-3H3,(H,36,37)/t25-/m1/s1. The SMILES string of the molecule is CN(C[C@H](O)CNC(C)(C)CC1Cc2ccccc2C1)Sc1c(Cl)cc(-c2cccc(C(=O)O)c2)cc1Cl. The van der Waals surface area contributed by atoms with Gasteiger partial charge in [-0.3, -0.25) is 0 Å². The van der Waals surface area contributed by atoms with E-state index in [2.05, 4.69) is 43.4 Å². The van der Waals surface area contributed by atoms with Gasteiger partial charge in [0, 0.05) is 18.6 Å². The topological polar surface area (TPSA) is 72.8 Å². The zero-order chi connectivity index (χ0) is 27.4. The number of aliphatic hydroxyl groups excluding tert-OH is 1. The number of β-amino-alcohol motifs (C(OH)–C–C–N with tert-alkyl or cyclic N) is 1. The number of aliphatic hydroxyl groups is 1. The molecule has 4 rings (SSSR count). The number of benzene rings is 3. The van der Waals surface area contributed by atoms with E-state index in [-0.39, 0.29) is 11.1 Å². The van der Waals surface area contributed by atoms with E-state index in [4.69, 9.17) is 23.2 Å². The number of halogens is 2. The van der Waals surface area contributed by atoms with Gasteiger partial charge < -0.3 is 15.5 Å². The van der Waals surface area contributed by atoms with Crippen LogP contribution in [0.4, 0.5) is 0 Å². The fourth-order valence-corrected chi connectivity index (χ4v) is 6.73. The second kappa shape index (κ2) is 12.4. The molecular weight excluding hydrogens is 539 g/mol. The monoisotopic (exact) mass is 572 g/mol. The number of hydrogen-bond donors (Lipinski definition) is 3. The number of carboxylic acid groups (broad SMARTS) is 1. The molecule has 0 aliphatic heterocycles. The molecule has 0 spiro atoms. The van der Waals surface area contributed by atoms with Crippen molar-refractivity contribution in [2.24, 2.45) is 5.92 Å². The van der Waals surface area contributed by atoms with Crippen molar-refractivity contribution in [3.8, 4) is 11.1 Å². The fraction of sp³-hybridized carbons (Fsp3) is 0.367. The zero-order valence-corrected chi connectivity index (χ0v) is 24.2. The first-order valence-electron chi connectivity index (χ1n) is 12.7. The van der Waals surface area contributed by atoms with Crippen LogP contribution in [0.25, 0.3) is 11.1 Å². The molecular formula is C30H34Cl2N2O3S. The number of fused-ring (bicyclic) bond motifs is 1. The second-order valence-electron chi connectivity index (χ2n) is 10.7. The van der Waals surface area contributed by atoms with E-state index in [1.807, 2.05) is 17.4 Å². The van der Waals surface area contributed by atoms with E-state index >= 15 is 0 Å². The molecule has 3 aromatic rings. The first kappa shape index (κ1) is 28.9. The summed E-state index contributed by atoms with van der Waals surface area (Å²) in [5, 5.41) is 24.5. The number of aromatic carboxylic acids is 1. The van der Waals surface area contributed by atoms with Gasteiger partial charge >= 0.3 is 5.97 Å². The average Bonchev–Trinajstić information content (AvgIpc) is 3.26. The van der Waals surface area contributed by atoms with Crippen LogP contribution >= 0.6 is 35.1 Å². The number of nitrogens with zero attached hydrogens (tertiary/aromatic N) is 1. The third kappa shape index (κ3) is 7.53. The Morgan fingerprint density at radius 2 is 1.68 bits per heavy atom. The van der Waals surface area contributed by atoms with Crippen molar-refractivity contribution < 1.29 is 15.0 Å². The molecule has 5 nitrogen and oxygen atoms in total. The van der Waals surface area contributed by atoms with Crippen LogP contribution in [0.15, 0.2) is 65.6 Å². The van der Waals surface area contributed by atoms with Crippen LogP contribution in [-0.4, -0.2) is 52.3 Å². The summed E-state index contributed by atoms with van der Waals surface area (Å²) < 4.78 is 1.92. The molecule has 0 heterocycles. The van der Waals surface area contributed by atoms with E-state index in [1.54, 1.807) is 30.3 Å². The number of carboxylic acids is 1. The van der Waals surface area contributed by atoms with Crippen LogP contribution in [-0.2, 0) is 12.8 Å². The summed E-state index contributed by atoms with van der Waals surface area (Å²) in [6.45, 7) is 5.32. The second-order valence-corrected chi connectivity index (χ2v) is 12.8. The fourth-order valence-electron chi connectivity index (χ4n) is 5.18. The predicted octanol–water partition coefficient (Wildman–Crippen LogP) is 6.83. The Morgan fingerprint density at radius 1 is 1.05 bits per heavy atom. The number of likely N-dealkylation sites (N-methyl/N-ethyl adjacent to an activating group) is 1. The molecule has 0 unspecified atom stereocenters. The Kier molecular flexibility index (Phi) is 9.45. The minimum atomic E-state index is -0.988. The molecule has 1 atom stereocenters.